The molecule has 6 aromatic carbocycles. The number of nitrogens with zero attached hydrogens (tertiary/aromatic N) is 1. The van der Waals surface area contributed by atoms with Gasteiger partial charge in [-0.2, -0.15) is 0 Å². The highest BCUT2D eigenvalue weighted by Gasteiger charge is 2.31. The molecule has 0 N–H and O–H groups in total. The van der Waals surface area contributed by atoms with E-state index in [0.29, 0.717) is 0 Å². The molecule has 1 heteroatoms. The van der Waals surface area contributed by atoms with Crippen molar-refractivity contribution >= 4 is 10.8 Å². The van der Waals surface area contributed by atoms with Crippen LogP contribution in [-0.4, -0.2) is 4.98 Å². The summed E-state index contributed by atoms with van der Waals surface area (Å²) in [4.78, 5) is 5.62. The van der Waals surface area contributed by atoms with Crippen LogP contribution in [0, 0.1) is 0 Å². The standard InChI is InChI=1S/C39H25N/c1-4-14-26(15-5-1)30-22-10-11-23-31(30)39-35(28-16-6-2-7-17-28)36-32-24-12-20-27-21-13-25-33(34(27)32)37(36)38(40-39)29-18-8-3-9-19-29/h1-25H. The first-order chi connectivity index (χ1) is 19.9. The van der Waals surface area contributed by atoms with Gasteiger partial charge in [-0.05, 0) is 38.6 Å². The van der Waals surface area contributed by atoms with E-state index in [0.717, 1.165) is 22.5 Å². The maximum Gasteiger partial charge on any atom is 0.0800 e. The first-order valence-electron chi connectivity index (χ1n) is 13.7. The monoisotopic (exact) mass is 507 g/mol. The second-order valence-electron chi connectivity index (χ2n) is 10.3. The van der Waals surface area contributed by atoms with E-state index in [4.69, 9.17) is 4.98 Å². The van der Waals surface area contributed by atoms with Gasteiger partial charge in [-0.25, -0.2) is 4.98 Å². The van der Waals surface area contributed by atoms with Gasteiger partial charge in [-0.1, -0.05) is 152 Å². The smallest absolute Gasteiger partial charge is 0.0800 e. The molecule has 0 saturated heterocycles. The Morgan fingerprint density at radius 3 is 1.45 bits per heavy atom. The lowest BCUT2D eigenvalue weighted by molar-refractivity contribution is 1.33. The van der Waals surface area contributed by atoms with Gasteiger partial charge in [0, 0.05) is 27.8 Å². The highest BCUT2D eigenvalue weighted by molar-refractivity contribution is 6.22. The molecule has 0 aliphatic heterocycles. The predicted molar refractivity (Wildman–Crippen MR) is 168 cm³/mol. The molecular formula is C39H25N. The molecule has 0 atom stereocenters. The number of benzene rings is 6. The summed E-state index contributed by atoms with van der Waals surface area (Å²) in [5, 5.41) is 2.57. The van der Waals surface area contributed by atoms with Crippen LogP contribution in [0.4, 0.5) is 0 Å². The van der Waals surface area contributed by atoms with Crippen LogP contribution in [-0.2, 0) is 0 Å². The largest absolute Gasteiger partial charge is 0.246 e. The van der Waals surface area contributed by atoms with Crippen LogP contribution in [0.3, 0.4) is 0 Å². The second kappa shape index (κ2) is 9.18. The third-order valence-electron chi connectivity index (χ3n) is 8.02. The van der Waals surface area contributed by atoms with Gasteiger partial charge in [0.2, 0.25) is 0 Å². The van der Waals surface area contributed by atoms with Gasteiger partial charge in [-0.15, -0.1) is 0 Å². The molecule has 0 radical (unpaired) electrons. The number of rotatable bonds is 4. The van der Waals surface area contributed by atoms with Crippen molar-refractivity contribution in [2.24, 2.45) is 0 Å². The van der Waals surface area contributed by atoms with Gasteiger partial charge in [0.1, 0.15) is 0 Å². The van der Waals surface area contributed by atoms with Gasteiger partial charge >= 0.3 is 0 Å². The molecule has 8 rings (SSSR count). The Labute approximate surface area is 234 Å². The first-order valence-corrected chi connectivity index (χ1v) is 13.7. The lowest BCUT2D eigenvalue weighted by atomic mass is 9.86. The molecule has 0 bridgehead atoms. The SMILES string of the molecule is c1ccc(-c2ccccc2-c2nc(-c3ccccc3)c3c(c2-c2ccccc2)-c2cccc4cccc-3c24)cc1. The maximum absolute atomic E-state index is 5.62. The van der Waals surface area contributed by atoms with Crippen molar-refractivity contribution in [3.05, 3.63) is 152 Å². The van der Waals surface area contributed by atoms with E-state index in [2.05, 4.69) is 152 Å². The van der Waals surface area contributed by atoms with Crippen molar-refractivity contribution in [2.75, 3.05) is 0 Å². The van der Waals surface area contributed by atoms with E-state index in [1.54, 1.807) is 0 Å². The van der Waals surface area contributed by atoms with E-state index in [-0.39, 0.29) is 0 Å². The van der Waals surface area contributed by atoms with Crippen molar-refractivity contribution in [1.82, 2.24) is 4.98 Å². The van der Waals surface area contributed by atoms with E-state index < -0.39 is 0 Å². The molecule has 0 amide bonds. The molecule has 1 nitrogen and oxygen atoms in total. The highest BCUT2D eigenvalue weighted by atomic mass is 14.7. The number of hydrogen-bond acceptors (Lipinski definition) is 1. The normalized spacial score (nSPS) is 11.5. The second-order valence-corrected chi connectivity index (χ2v) is 10.3. The molecule has 1 aliphatic rings. The highest BCUT2D eigenvalue weighted by Crippen LogP contribution is 2.56. The van der Waals surface area contributed by atoms with E-state index in [1.807, 2.05) is 0 Å². The summed E-state index contributed by atoms with van der Waals surface area (Å²) in [5.74, 6) is 0. The summed E-state index contributed by atoms with van der Waals surface area (Å²) in [7, 11) is 0. The Kier molecular flexibility index (Phi) is 5.21. The minimum atomic E-state index is 1.01. The third-order valence-corrected chi connectivity index (χ3v) is 8.02. The third kappa shape index (κ3) is 3.45. The summed E-state index contributed by atoms with van der Waals surface area (Å²) < 4.78 is 0. The number of fused-ring (bicyclic) bond motifs is 3. The zero-order valence-corrected chi connectivity index (χ0v) is 21.9. The molecule has 0 fully saturated rings. The lowest BCUT2D eigenvalue weighted by Crippen LogP contribution is -1.99. The van der Waals surface area contributed by atoms with Crippen molar-refractivity contribution in [2.45, 2.75) is 0 Å². The predicted octanol–water partition coefficient (Wildman–Crippen LogP) is 10.6. The lowest BCUT2D eigenvalue weighted by Gasteiger charge is -2.21. The maximum atomic E-state index is 5.62. The van der Waals surface area contributed by atoms with E-state index >= 15 is 0 Å². The molecule has 1 aliphatic carbocycles. The average molecular weight is 508 g/mol. The molecule has 186 valence electrons. The molecule has 40 heavy (non-hydrogen) atoms. The van der Waals surface area contributed by atoms with Crippen LogP contribution in [0.15, 0.2) is 152 Å². The molecule has 1 aromatic heterocycles. The van der Waals surface area contributed by atoms with Gasteiger partial charge < -0.3 is 0 Å². The Hall–Kier alpha value is -5.27. The van der Waals surface area contributed by atoms with Crippen LogP contribution in [0.25, 0.3) is 77.8 Å². The Morgan fingerprint density at radius 2 is 0.800 bits per heavy atom. The fourth-order valence-corrected chi connectivity index (χ4v) is 6.32. The summed E-state index contributed by atoms with van der Waals surface area (Å²) in [6.45, 7) is 0. The van der Waals surface area contributed by atoms with Crippen molar-refractivity contribution in [3.8, 4) is 67.0 Å². The zero-order valence-electron chi connectivity index (χ0n) is 21.9. The molecule has 1 heterocycles. The Balaban J connectivity index is 1.57. The van der Waals surface area contributed by atoms with Crippen molar-refractivity contribution < 1.29 is 0 Å². The summed E-state index contributed by atoms with van der Waals surface area (Å²) >= 11 is 0. The summed E-state index contributed by atoms with van der Waals surface area (Å²) in [6.07, 6.45) is 0. The molecule has 0 spiro atoms. The van der Waals surface area contributed by atoms with Gasteiger partial charge in [-0.3, -0.25) is 0 Å². The average Bonchev–Trinajstić information content (AvgIpc) is 3.37. The van der Waals surface area contributed by atoms with Crippen LogP contribution < -0.4 is 0 Å². The summed E-state index contributed by atoms with van der Waals surface area (Å²) in [6, 6.07) is 54.1. The van der Waals surface area contributed by atoms with Crippen LogP contribution in [0.1, 0.15) is 0 Å². The van der Waals surface area contributed by atoms with Crippen LogP contribution in [0.2, 0.25) is 0 Å². The van der Waals surface area contributed by atoms with Crippen LogP contribution >= 0.6 is 0 Å². The van der Waals surface area contributed by atoms with Crippen LogP contribution in [0.5, 0.6) is 0 Å². The Morgan fingerprint density at radius 1 is 0.300 bits per heavy atom. The summed E-state index contributed by atoms with van der Waals surface area (Å²) in [5.41, 5.74) is 14.0. The van der Waals surface area contributed by atoms with Crippen molar-refractivity contribution in [3.63, 3.8) is 0 Å². The van der Waals surface area contributed by atoms with E-state index in [9.17, 15) is 0 Å². The van der Waals surface area contributed by atoms with Crippen molar-refractivity contribution in [1.29, 1.82) is 0 Å². The minimum absolute atomic E-state index is 1.01. The van der Waals surface area contributed by atoms with Gasteiger partial charge in [0.25, 0.3) is 0 Å². The number of aromatic nitrogens is 1. The molecule has 0 saturated carbocycles. The van der Waals surface area contributed by atoms with Gasteiger partial charge in [0.15, 0.2) is 0 Å². The fraction of sp³-hybridized carbons (Fsp3) is 0. The van der Waals surface area contributed by atoms with E-state index in [1.165, 1.54) is 55.3 Å². The number of pyridine rings is 1. The minimum Gasteiger partial charge on any atom is -0.246 e. The topological polar surface area (TPSA) is 12.9 Å². The Bertz CT molecular complexity index is 2020. The quantitative estimate of drug-likeness (QED) is 0.231. The molecule has 0 unspecified atom stereocenters. The molecule has 7 aromatic rings. The van der Waals surface area contributed by atoms with Gasteiger partial charge in [0.05, 0.1) is 11.4 Å². The fourth-order valence-electron chi connectivity index (χ4n) is 6.32. The first kappa shape index (κ1) is 22.7. The zero-order chi connectivity index (χ0) is 26.5. The number of hydrogen-bond donors (Lipinski definition) is 0. The molecular weight excluding hydrogens is 482 g/mol.